The van der Waals surface area contributed by atoms with Gasteiger partial charge in [0.2, 0.25) is 0 Å². The molecular weight excluding hydrogens is 402 g/mol. The molecule has 4 aromatic rings. The van der Waals surface area contributed by atoms with Gasteiger partial charge in [-0.3, -0.25) is 9.78 Å². The van der Waals surface area contributed by atoms with Crippen LogP contribution in [0.1, 0.15) is 31.5 Å². The van der Waals surface area contributed by atoms with Crippen molar-refractivity contribution < 1.29 is 0 Å². The summed E-state index contributed by atoms with van der Waals surface area (Å²) >= 11 is 0. The zero-order valence-electron chi connectivity index (χ0n) is 18.4. The predicted molar refractivity (Wildman–Crippen MR) is 125 cm³/mol. The van der Waals surface area contributed by atoms with Crippen LogP contribution in [0.2, 0.25) is 0 Å². The third kappa shape index (κ3) is 4.77. The van der Waals surface area contributed by atoms with Crippen LogP contribution in [0.15, 0.2) is 82.6 Å². The summed E-state index contributed by atoms with van der Waals surface area (Å²) in [6.45, 7) is 5.64. The first-order valence-electron chi connectivity index (χ1n) is 10.8. The van der Waals surface area contributed by atoms with Crippen molar-refractivity contribution in [2.45, 2.75) is 45.2 Å². The summed E-state index contributed by atoms with van der Waals surface area (Å²) in [7, 11) is 0. The van der Waals surface area contributed by atoms with E-state index in [4.69, 9.17) is 0 Å². The smallest absolute Gasteiger partial charge is 0.301 e. The minimum absolute atomic E-state index is 0.176. The van der Waals surface area contributed by atoms with Crippen molar-refractivity contribution in [1.82, 2.24) is 24.5 Å². The van der Waals surface area contributed by atoms with E-state index in [1.807, 2.05) is 10.7 Å². The molecule has 0 radical (unpaired) electrons. The molecule has 0 aliphatic rings. The molecule has 0 aliphatic carbocycles. The molecule has 1 N–H and O–H groups in total. The molecule has 4 rings (SSSR count). The van der Waals surface area contributed by atoms with Crippen LogP contribution in [0.4, 0.5) is 0 Å². The first-order valence-corrected chi connectivity index (χ1v) is 10.8. The Kier molecular flexibility index (Phi) is 6.16. The molecule has 2 heterocycles. The molecule has 0 bridgehead atoms. The van der Waals surface area contributed by atoms with Crippen molar-refractivity contribution in [3.05, 3.63) is 105 Å². The maximum atomic E-state index is 11.9. The van der Waals surface area contributed by atoms with Gasteiger partial charge in [-0.15, -0.1) is 5.10 Å². The van der Waals surface area contributed by atoms with Crippen LogP contribution in [-0.4, -0.2) is 24.5 Å². The van der Waals surface area contributed by atoms with Crippen LogP contribution in [-0.2, 0) is 24.9 Å². The largest absolute Gasteiger partial charge is 0.328 e. The number of aryl methyl sites for hydroxylation is 2. The van der Waals surface area contributed by atoms with Crippen molar-refractivity contribution in [3.63, 3.8) is 0 Å². The number of aromatic nitrogens is 5. The van der Waals surface area contributed by atoms with Crippen LogP contribution in [0, 0.1) is 0 Å². The molecule has 32 heavy (non-hydrogen) atoms. The van der Waals surface area contributed by atoms with Crippen molar-refractivity contribution in [2.75, 3.05) is 0 Å². The van der Waals surface area contributed by atoms with E-state index >= 15 is 0 Å². The van der Waals surface area contributed by atoms with Crippen LogP contribution >= 0.6 is 0 Å². The van der Waals surface area contributed by atoms with Gasteiger partial charge in [0.15, 0.2) is 0 Å². The summed E-state index contributed by atoms with van der Waals surface area (Å²) in [5, 5.41) is 8.47. The van der Waals surface area contributed by atoms with Crippen molar-refractivity contribution in [1.29, 1.82) is 0 Å². The Morgan fingerprint density at radius 2 is 1.72 bits per heavy atom. The van der Waals surface area contributed by atoms with Crippen molar-refractivity contribution in [2.24, 2.45) is 0 Å². The third-order valence-corrected chi connectivity index (χ3v) is 5.71. The van der Waals surface area contributed by atoms with E-state index in [0.717, 1.165) is 18.5 Å². The monoisotopic (exact) mass is 429 g/mol. The van der Waals surface area contributed by atoms with Gasteiger partial charge in [0, 0.05) is 24.2 Å². The minimum Gasteiger partial charge on any atom is -0.301 e. The fourth-order valence-electron chi connectivity index (χ4n) is 4.06. The van der Waals surface area contributed by atoms with E-state index in [1.54, 1.807) is 6.20 Å². The minimum atomic E-state index is -0.386. The van der Waals surface area contributed by atoms with Gasteiger partial charge < -0.3 is 4.57 Å². The highest BCUT2D eigenvalue weighted by Crippen LogP contribution is 2.34. The highest BCUT2D eigenvalue weighted by atomic mass is 16.2. The highest BCUT2D eigenvalue weighted by molar-refractivity contribution is 5.68. The second-order valence-electron chi connectivity index (χ2n) is 8.59. The lowest BCUT2D eigenvalue weighted by molar-refractivity contribution is 0.391. The molecule has 2 aromatic heterocycles. The summed E-state index contributed by atoms with van der Waals surface area (Å²) in [6.07, 6.45) is 4.78. The van der Waals surface area contributed by atoms with Gasteiger partial charge in [0.1, 0.15) is 0 Å². The zero-order valence-corrected chi connectivity index (χ0v) is 18.4. The lowest BCUT2D eigenvalue weighted by Crippen LogP contribution is -2.29. The molecule has 0 aliphatic heterocycles. The Morgan fingerprint density at radius 3 is 2.50 bits per heavy atom. The molecular formula is C25H27N5O2. The summed E-state index contributed by atoms with van der Waals surface area (Å²) < 4.78 is 3.47. The molecule has 0 unspecified atom stereocenters. The Bertz CT molecular complexity index is 1300. The number of hydrogen-bond acceptors (Lipinski definition) is 4. The van der Waals surface area contributed by atoms with E-state index in [0.29, 0.717) is 13.1 Å². The lowest BCUT2D eigenvalue weighted by atomic mass is 9.80. The molecule has 0 amide bonds. The quantitative estimate of drug-likeness (QED) is 0.465. The summed E-state index contributed by atoms with van der Waals surface area (Å²) in [5.41, 5.74) is 3.75. The number of nitrogens with one attached hydrogen (secondary N) is 1. The molecule has 0 saturated carbocycles. The molecule has 164 valence electrons. The average molecular weight is 430 g/mol. The van der Waals surface area contributed by atoms with Crippen molar-refractivity contribution in [3.8, 4) is 11.1 Å². The SMILES string of the molecule is CC(C)(Cn1nncc1CCCn1ccc(=O)[nH]c1=O)c1ccccc1-c1ccccc1. The molecule has 0 spiro atoms. The van der Waals surface area contributed by atoms with E-state index in [-0.39, 0.29) is 16.7 Å². The van der Waals surface area contributed by atoms with Gasteiger partial charge >= 0.3 is 5.69 Å². The van der Waals surface area contributed by atoms with E-state index < -0.39 is 0 Å². The Balaban J connectivity index is 1.50. The lowest BCUT2D eigenvalue weighted by Gasteiger charge is -2.28. The van der Waals surface area contributed by atoms with Crippen LogP contribution in [0.5, 0.6) is 0 Å². The number of aromatic amines is 1. The highest BCUT2D eigenvalue weighted by Gasteiger charge is 2.26. The average Bonchev–Trinajstić information content (AvgIpc) is 3.22. The number of rotatable bonds is 8. The molecule has 7 nitrogen and oxygen atoms in total. The van der Waals surface area contributed by atoms with Crippen LogP contribution in [0.25, 0.3) is 11.1 Å². The fraction of sp³-hybridized carbons (Fsp3) is 0.280. The fourth-order valence-corrected chi connectivity index (χ4v) is 4.06. The summed E-state index contributed by atoms with van der Waals surface area (Å²) in [5.74, 6) is 0. The van der Waals surface area contributed by atoms with Gasteiger partial charge in [0.25, 0.3) is 5.56 Å². The molecule has 7 heteroatoms. The Morgan fingerprint density at radius 1 is 0.969 bits per heavy atom. The topological polar surface area (TPSA) is 85.6 Å². The molecule has 0 atom stereocenters. The van der Waals surface area contributed by atoms with Crippen LogP contribution < -0.4 is 11.2 Å². The van der Waals surface area contributed by atoms with Crippen molar-refractivity contribution >= 4 is 0 Å². The molecule has 0 saturated heterocycles. The number of nitrogens with zero attached hydrogens (tertiary/aromatic N) is 4. The predicted octanol–water partition coefficient (Wildman–Crippen LogP) is 3.41. The number of H-pyrrole nitrogens is 1. The summed E-state index contributed by atoms with van der Waals surface area (Å²) in [4.78, 5) is 25.4. The first kappa shape index (κ1) is 21.5. The maximum absolute atomic E-state index is 11.9. The third-order valence-electron chi connectivity index (χ3n) is 5.71. The van der Waals surface area contributed by atoms with E-state index in [1.165, 1.54) is 33.5 Å². The van der Waals surface area contributed by atoms with E-state index in [2.05, 4.69) is 77.7 Å². The second-order valence-corrected chi connectivity index (χ2v) is 8.59. The second kappa shape index (κ2) is 9.18. The van der Waals surface area contributed by atoms with Gasteiger partial charge in [-0.1, -0.05) is 73.7 Å². The zero-order chi connectivity index (χ0) is 22.6. The van der Waals surface area contributed by atoms with Gasteiger partial charge in [0.05, 0.1) is 18.4 Å². The standard InChI is InChI=1S/C25H27N5O2/c1-25(2,22-13-7-6-12-21(22)19-9-4-3-5-10-19)18-30-20(17-26-28-30)11-8-15-29-16-14-23(31)27-24(29)32/h3-7,9-10,12-14,16-17H,8,11,15,18H2,1-2H3,(H,27,31,32). The Hall–Kier alpha value is -3.74. The maximum Gasteiger partial charge on any atom is 0.328 e. The molecule has 2 aromatic carbocycles. The number of benzene rings is 2. The van der Waals surface area contributed by atoms with Crippen LogP contribution in [0.3, 0.4) is 0 Å². The Labute approximate surface area is 186 Å². The van der Waals surface area contributed by atoms with Gasteiger partial charge in [-0.25, -0.2) is 9.48 Å². The molecule has 0 fully saturated rings. The summed E-state index contributed by atoms with van der Waals surface area (Å²) in [6, 6.07) is 20.3. The van der Waals surface area contributed by atoms with E-state index in [9.17, 15) is 9.59 Å². The van der Waals surface area contributed by atoms with Gasteiger partial charge in [-0.2, -0.15) is 0 Å². The number of hydrogen-bond donors (Lipinski definition) is 1. The first-order chi connectivity index (χ1) is 15.4. The van der Waals surface area contributed by atoms with Gasteiger partial charge in [-0.05, 0) is 29.5 Å². The normalized spacial score (nSPS) is 11.6.